The predicted molar refractivity (Wildman–Crippen MR) is 57.2 cm³/mol. The number of ether oxygens (including phenoxy) is 1. The van der Waals surface area contributed by atoms with Gasteiger partial charge in [0, 0.05) is 7.11 Å². The Bertz CT molecular complexity index is 305. The molecular formula is C10H13ClN2O. The van der Waals surface area contributed by atoms with E-state index in [1.807, 2.05) is 12.1 Å². The van der Waals surface area contributed by atoms with Crippen molar-refractivity contribution in [2.45, 2.75) is 6.04 Å². The highest BCUT2D eigenvalue weighted by Crippen LogP contribution is 2.11. The molecule has 1 rings (SSSR count). The normalized spacial score (nSPS) is 11.2. The van der Waals surface area contributed by atoms with Gasteiger partial charge in [0.2, 0.25) is 0 Å². The molecule has 0 spiro atoms. The molecule has 1 aromatic carbocycles. The number of nitriles is 1. The van der Waals surface area contributed by atoms with E-state index in [2.05, 4.69) is 6.07 Å². The summed E-state index contributed by atoms with van der Waals surface area (Å²) in [5.74, 6) is 0. The summed E-state index contributed by atoms with van der Waals surface area (Å²) < 4.78 is 4.92. The average molecular weight is 213 g/mol. The highest BCUT2D eigenvalue weighted by molar-refractivity contribution is 5.85. The molecule has 4 heteroatoms. The highest BCUT2D eigenvalue weighted by atomic mass is 35.5. The second kappa shape index (κ2) is 6.39. The minimum Gasteiger partial charge on any atom is -0.383 e. The minimum absolute atomic E-state index is 0. The molecule has 2 N–H and O–H groups in total. The number of nitrogens with zero attached hydrogens (tertiary/aromatic N) is 1. The van der Waals surface area contributed by atoms with Crippen molar-refractivity contribution >= 4 is 12.4 Å². The molecule has 0 bridgehead atoms. The topological polar surface area (TPSA) is 59.0 Å². The Morgan fingerprint density at radius 1 is 1.43 bits per heavy atom. The maximum atomic E-state index is 8.56. The van der Waals surface area contributed by atoms with E-state index in [1.54, 1.807) is 19.2 Å². The smallest absolute Gasteiger partial charge is 0.0991 e. The molecule has 0 fully saturated rings. The van der Waals surface area contributed by atoms with Gasteiger partial charge in [-0.25, -0.2) is 0 Å². The molecule has 0 aliphatic rings. The summed E-state index contributed by atoms with van der Waals surface area (Å²) in [5.41, 5.74) is 7.42. The number of rotatable bonds is 3. The molecule has 76 valence electrons. The van der Waals surface area contributed by atoms with Gasteiger partial charge in [-0.1, -0.05) is 12.1 Å². The van der Waals surface area contributed by atoms with Crippen LogP contribution >= 0.6 is 12.4 Å². The van der Waals surface area contributed by atoms with Gasteiger partial charge in [-0.05, 0) is 17.7 Å². The molecular weight excluding hydrogens is 200 g/mol. The number of methoxy groups -OCH3 is 1. The van der Waals surface area contributed by atoms with Gasteiger partial charge in [0.1, 0.15) is 0 Å². The lowest BCUT2D eigenvalue weighted by molar-refractivity contribution is 0.181. The van der Waals surface area contributed by atoms with Crippen LogP contribution in [0.15, 0.2) is 24.3 Å². The molecule has 14 heavy (non-hydrogen) atoms. The third-order valence-corrected chi connectivity index (χ3v) is 1.81. The molecule has 0 heterocycles. The van der Waals surface area contributed by atoms with Gasteiger partial charge in [-0.2, -0.15) is 5.26 Å². The molecule has 0 unspecified atom stereocenters. The Hall–Kier alpha value is -1.08. The van der Waals surface area contributed by atoms with Crippen molar-refractivity contribution in [3.8, 4) is 6.07 Å². The summed E-state index contributed by atoms with van der Waals surface area (Å²) in [6.07, 6.45) is 0. The van der Waals surface area contributed by atoms with Crippen LogP contribution in [0, 0.1) is 11.3 Å². The molecule has 3 nitrogen and oxygen atoms in total. The Balaban J connectivity index is 0.00000169. The largest absolute Gasteiger partial charge is 0.383 e. The Morgan fingerprint density at radius 2 is 2.00 bits per heavy atom. The molecule has 0 aromatic heterocycles. The quantitative estimate of drug-likeness (QED) is 0.829. The van der Waals surface area contributed by atoms with Crippen LogP contribution in [0.2, 0.25) is 0 Å². The van der Waals surface area contributed by atoms with Crippen LogP contribution in [0.1, 0.15) is 17.2 Å². The molecule has 0 amide bonds. The molecule has 1 aromatic rings. The van der Waals surface area contributed by atoms with Gasteiger partial charge in [-0.15, -0.1) is 12.4 Å². The first kappa shape index (κ1) is 12.9. The fourth-order valence-electron chi connectivity index (χ4n) is 1.08. The summed E-state index contributed by atoms with van der Waals surface area (Å²) >= 11 is 0. The van der Waals surface area contributed by atoms with Gasteiger partial charge >= 0.3 is 0 Å². The third kappa shape index (κ3) is 3.35. The van der Waals surface area contributed by atoms with Crippen LogP contribution in [0.25, 0.3) is 0 Å². The van der Waals surface area contributed by atoms with E-state index in [1.165, 1.54) is 0 Å². The van der Waals surface area contributed by atoms with Gasteiger partial charge < -0.3 is 10.5 Å². The first-order valence-corrected chi connectivity index (χ1v) is 4.02. The Morgan fingerprint density at radius 3 is 2.43 bits per heavy atom. The molecule has 0 saturated heterocycles. The van der Waals surface area contributed by atoms with Crippen LogP contribution in [0.3, 0.4) is 0 Å². The minimum atomic E-state index is -0.113. The zero-order valence-corrected chi connectivity index (χ0v) is 8.75. The molecule has 0 radical (unpaired) electrons. The maximum absolute atomic E-state index is 8.56. The number of hydrogen-bond acceptors (Lipinski definition) is 3. The lowest BCUT2D eigenvalue weighted by Gasteiger charge is -2.09. The SMILES string of the molecule is COC[C@H](N)c1ccc(C#N)cc1.Cl. The van der Waals surface area contributed by atoms with Crippen molar-refractivity contribution in [2.24, 2.45) is 5.73 Å². The summed E-state index contributed by atoms with van der Waals surface area (Å²) in [4.78, 5) is 0. The summed E-state index contributed by atoms with van der Waals surface area (Å²) in [5, 5.41) is 8.56. The summed E-state index contributed by atoms with van der Waals surface area (Å²) in [6, 6.07) is 9.15. The van der Waals surface area contributed by atoms with Gasteiger partial charge in [-0.3, -0.25) is 0 Å². The number of benzene rings is 1. The van der Waals surface area contributed by atoms with Gasteiger partial charge in [0.15, 0.2) is 0 Å². The number of hydrogen-bond donors (Lipinski definition) is 1. The first-order valence-electron chi connectivity index (χ1n) is 4.02. The third-order valence-electron chi connectivity index (χ3n) is 1.81. The lowest BCUT2D eigenvalue weighted by Crippen LogP contribution is -2.15. The van der Waals surface area contributed by atoms with Crippen molar-refractivity contribution in [1.29, 1.82) is 5.26 Å². The Labute approximate surface area is 89.9 Å². The monoisotopic (exact) mass is 212 g/mol. The standard InChI is InChI=1S/C10H12N2O.ClH/c1-13-7-10(12)9-4-2-8(6-11)3-5-9;/h2-5,10H,7,12H2,1H3;1H/t10-;/m0./s1. The zero-order valence-electron chi connectivity index (χ0n) is 7.93. The highest BCUT2D eigenvalue weighted by Gasteiger charge is 2.04. The van der Waals surface area contributed by atoms with Crippen molar-refractivity contribution in [3.05, 3.63) is 35.4 Å². The van der Waals surface area contributed by atoms with Crippen molar-refractivity contribution in [2.75, 3.05) is 13.7 Å². The summed E-state index contributed by atoms with van der Waals surface area (Å²) in [6.45, 7) is 0.492. The van der Waals surface area contributed by atoms with Gasteiger partial charge in [0.05, 0.1) is 24.3 Å². The van der Waals surface area contributed by atoms with Crippen molar-refractivity contribution < 1.29 is 4.74 Å². The molecule has 0 saturated carbocycles. The lowest BCUT2D eigenvalue weighted by atomic mass is 10.1. The fraction of sp³-hybridized carbons (Fsp3) is 0.300. The number of halogens is 1. The van der Waals surface area contributed by atoms with E-state index in [-0.39, 0.29) is 18.4 Å². The van der Waals surface area contributed by atoms with Crippen molar-refractivity contribution in [1.82, 2.24) is 0 Å². The molecule has 0 aliphatic carbocycles. The predicted octanol–water partition coefficient (Wildman–Crippen LogP) is 1.63. The number of nitrogens with two attached hydrogens (primary N) is 1. The second-order valence-corrected chi connectivity index (χ2v) is 2.80. The van der Waals surface area contributed by atoms with E-state index in [9.17, 15) is 0 Å². The summed E-state index contributed by atoms with van der Waals surface area (Å²) in [7, 11) is 1.61. The van der Waals surface area contributed by atoms with Crippen LogP contribution in [0.4, 0.5) is 0 Å². The van der Waals surface area contributed by atoms with Crippen molar-refractivity contribution in [3.63, 3.8) is 0 Å². The molecule has 0 aliphatic heterocycles. The average Bonchev–Trinajstić information content (AvgIpc) is 2.18. The second-order valence-electron chi connectivity index (χ2n) is 2.80. The van der Waals surface area contributed by atoms with Crippen LogP contribution < -0.4 is 5.73 Å². The van der Waals surface area contributed by atoms with E-state index in [0.717, 1.165) is 5.56 Å². The van der Waals surface area contributed by atoms with E-state index < -0.39 is 0 Å². The van der Waals surface area contributed by atoms with Crippen LogP contribution in [0.5, 0.6) is 0 Å². The van der Waals surface area contributed by atoms with E-state index >= 15 is 0 Å². The van der Waals surface area contributed by atoms with E-state index in [4.69, 9.17) is 15.7 Å². The molecule has 1 atom stereocenters. The maximum Gasteiger partial charge on any atom is 0.0991 e. The zero-order chi connectivity index (χ0) is 9.68. The fourth-order valence-corrected chi connectivity index (χ4v) is 1.08. The van der Waals surface area contributed by atoms with Crippen LogP contribution in [-0.2, 0) is 4.74 Å². The van der Waals surface area contributed by atoms with Crippen LogP contribution in [-0.4, -0.2) is 13.7 Å². The van der Waals surface area contributed by atoms with E-state index in [0.29, 0.717) is 12.2 Å². The Kier molecular flexibility index (Phi) is 5.89. The van der Waals surface area contributed by atoms with Gasteiger partial charge in [0.25, 0.3) is 0 Å². The first-order chi connectivity index (χ1) is 6.27.